The molecule has 3 heteroatoms. The summed E-state index contributed by atoms with van der Waals surface area (Å²) in [6, 6.07) is 7.55. The summed E-state index contributed by atoms with van der Waals surface area (Å²) >= 11 is 6.16. The monoisotopic (exact) mass is 260 g/mol. The fourth-order valence-corrected chi connectivity index (χ4v) is 3.84. The van der Waals surface area contributed by atoms with Gasteiger partial charge >= 0.3 is 0 Å². The Kier molecular flexibility index (Phi) is 3.18. The third-order valence-corrected chi connectivity index (χ3v) is 4.85. The van der Waals surface area contributed by atoms with Crippen LogP contribution in [0.5, 0.6) is 0 Å². The maximum atomic E-state index is 8.80. The molecule has 2 nitrogen and oxygen atoms in total. The summed E-state index contributed by atoms with van der Waals surface area (Å²) in [6.07, 6.45) is 5.68. The molecule has 2 aliphatic rings. The van der Waals surface area contributed by atoms with Crippen LogP contribution >= 0.6 is 11.6 Å². The topological polar surface area (TPSA) is 35.8 Å². The van der Waals surface area contributed by atoms with Crippen LogP contribution < -0.4 is 5.32 Å². The first-order valence-electron chi connectivity index (χ1n) is 6.70. The van der Waals surface area contributed by atoms with Crippen molar-refractivity contribution in [3.8, 4) is 6.07 Å². The normalized spacial score (nSPS) is 29.2. The molecule has 18 heavy (non-hydrogen) atoms. The van der Waals surface area contributed by atoms with Crippen LogP contribution in [0.2, 0.25) is 5.02 Å². The van der Waals surface area contributed by atoms with Gasteiger partial charge in [-0.25, -0.2) is 0 Å². The molecule has 0 radical (unpaired) electrons. The van der Waals surface area contributed by atoms with Crippen molar-refractivity contribution in [1.29, 1.82) is 5.26 Å². The van der Waals surface area contributed by atoms with Crippen LogP contribution in [0.3, 0.4) is 0 Å². The van der Waals surface area contributed by atoms with E-state index >= 15 is 0 Å². The lowest BCUT2D eigenvalue weighted by atomic mass is 9.89. The fourth-order valence-electron chi connectivity index (χ4n) is 3.60. The third-order valence-electron chi connectivity index (χ3n) is 4.54. The van der Waals surface area contributed by atoms with Crippen LogP contribution in [0.1, 0.15) is 31.2 Å². The van der Waals surface area contributed by atoms with Crippen LogP contribution in [-0.4, -0.2) is 6.54 Å². The van der Waals surface area contributed by atoms with Gasteiger partial charge in [0.05, 0.1) is 22.3 Å². The van der Waals surface area contributed by atoms with Gasteiger partial charge in [0.25, 0.3) is 0 Å². The Bertz CT molecular complexity index is 492. The maximum Gasteiger partial charge on any atom is 0.0992 e. The van der Waals surface area contributed by atoms with Crippen molar-refractivity contribution < 1.29 is 0 Å². The summed E-state index contributed by atoms with van der Waals surface area (Å²) in [6.45, 7) is 1.02. The Morgan fingerprint density at radius 2 is 2.22 bits per heavy atom. The number of nitrogens with one attached hydrogen (secondary N) is 1. The molecule has 0 heterocycles. The standard InChI is InChI=1S/C15H17ClN2/c16-14-7-11(8-17)2-4-15(14)18-9-13-6-10-1-3-12(13)5-10/h2,4,7,10,12-13,18H,1,3,5-6,9H2. The number of nitrogens with zero attached hydrogens (tertiary/aromatic N) is 1. The number of rotatable bonds is 3. The van der Waals surface area contributed by atoms with Crippen molar-refractivity contribution in [2.75, 3.05) is 11.9 Å². The molecule has 3 atom stereocenters. The number of hydrogen-bond donors (Lipinski definition) is 1. The van der Waals surface area contributed by atoms with Gasteiger partial charge in [0.15, 0.2) is 0 Å². The highest BCUT2D eigenvalue weighted by Gasteiger charge is 2.39. The molecule has 2 aliphatic carbocycles. The first kappa shape index (κ1) is 11.9. The van der Waals surface area contributed by atoms with Crippen molar-refractivity contribution >= 4 is 17.3 Å². The molecule has 0 amide bonds. The second kappa shape index (κ2) is 4.82. The van der Waals surface area contributed by atoms with Gasteiger partial charge in [0.1, 0.15) is 0 Å². The SMILES string of the molecule is N#Cc1ccc(NCC2CC3CCC2C3)c(Cl)c1. The Labute approximate surface area is 113 Å². The molecule has 1 aromatic carbocycles. The molecule has 0 aromatic heterocycles. The average molecular weight is 261 g/mol. The molecule has 94 valence electrons. The van der Waals surface area contributed by atoms with Crippen molar-refractivity contribution in [2.24, 2.45) is 17.8 Å². The first-order valence-corrected chi connectivity index (χ1v) is 7.07. The Balaban J connectivity index is 1.62. The highest BCUT2D eigenvalue weighted by molar-refractivity contribution is 6.33. The lowest BCUT2D eigenvalue weighted by molar-refractivity contribution is 0.348. The van der Waals surface area contributed by atoms with Crippen LogP contribution in [0.4, 0.5) is 5.69 Å². The van der Waals surface area contributed by atoms with Gasteiger partial charge in [-0.15, -0.1) is 0 Å². The average Bonchev–Trinajstić information content (AvgIpc) is 2.99. The van der Waals surface area contributed by atoms with E-state index in [1.807, 2.05) is 12.1 Å². The summed E-state index contributed by atoms with van der Waals surface area (Å²) in [7, 11) is 0. The van der Waals surface area contributed by atoms with Gasteiger partial charge < -0.3 is 5.32 Å². The largest absolute Gasteiger partial charge is 0.384 e. The molecule has 3 unspecified atom stereocenters. The van der Waals surface area contributed by atoms with E-state index in [9.17, 15) is 0 Å². The smallest absolute Gasteiger partial charge is 0.0992 e. The van der Waals surface area contributed by atoms with Gasteiger partial charge in [-0.2, -0.15) is 5.26 Å². The number of benzene rings is 1. The van der Waals surface area contributed by atoms with Crippen LogP contribution in [0.25, 0.3) is 0 Å². The highest BCUT2D eigenvalue weighted by atomic mass is 35.5. The minimum absolute atomic E-state index is 0.616. The van der Waals surface area contributed by atoms with E-state index in [0.717, 1.165) is 30.0 Å². The predicted octanol–water partition coefficient (Wildman–Crippen LogP) is 4.06. The second-order valence-corrected chi connectivity index (χ2v) is 6.03. The molecule has 1 aromatic rings. The van der Waals surface area contributed by atoms with Gasteiger partial charge in [-0.3, -0.25) is 0 Å². The van der Waals surface area contributed by atoms with E-state index in [4.69, 9.17) is 16.9 Å². The lowest BCUT2D eigenvalue weighted by Gasteiger charge is -2.22. The van der Waals surface area contributed by atoms with Crippen LogP contribution in [0, 0.1) is 29.1 Å². The second-order valence-electron chi connectivity index (χ2n) is 5.62. The van der Waals surface area contributed by atoms with E-state index in [1.54, 1.807) is 6.07 Å². The Hall–Kier alpha value is -1.20. The van der Waals surface area contributed by atoms with Gasteiger partial charge in [0, 0.05) is 6.54 Å². The van der Waals surface area contributed by atoms with Crippen molar-refractivity contribution in [1.82, 2.24) is 0 Å². The molecular formula is C15H17ClN2. The van der Waals surface area contributed by atoms with Crippen molar-refractivity contribution in [2.45, 2.75) is 25.7 Å². The van der Waals surface area contributed by atoms with E-state index in [0.29, 0.717) is 10.6 Å². The molecule has 2 saturated carbocycles. The van der Waals surface area contributed by atoms with E-state index in [-0.39, 0.29) is 0 Å². The molecule has 0 spiro atoms. The number of nitriles is 1. The molecule has 2 bridgehead atoms. The maximum absolute atomic E-state index is 8.80. The molecular weight excluding hydrogens is 244 g/mol. The summed E-state index contributed by atoms with van der Waals surface area (Å²) in [5, 5.41) is 12.9. The van der Waals surface area contributed by atoms with Gasteiger partial charge in [-0.05, 0) is 55.2 Å². The van der Waals surface area contributed by atoms with E-state index in [1.165, 1.54) is 25.7 Å². The molecule has 0 aliphatic heterocycles. The zero-order chi connectivity index (χ0) is 12.5. The Morgan fingerprint density at radius 1 is 1.33 bits per heavy atom. The number of halogens is 1. The predicted molar refractivity (Wildman–Crippen MR) is 73.6 cm³/mol. The lowest BCUT2D eigenvalue weighted by Crippen LogP contribution is -2.20. The minimum Gasteiger partial charge on any atom is -0.384 e. The highest BCUT2D eigenvalue weighted by Crippen LogP contribution is 2.48. The number of anilines is 1. The van der Waals surface area contributed by atoms with Crippen LogP contribution in [-0.2, 0) is 0 Å². The van der Waals surface area contributed by atoms with Crippen molar-refractivity contribution in [3.63, 3.8) is 0 Å². The summed E-state index contributed by atoms with van der Waals surface area (Å²) < 4.78 is 0. The third kappa shape index (κ3) is 2.20. The molecule has 1 N–H and O–H groups in total. The zero-order valence-corrected chi connectivity index (χ0v) is 11.1. The van der Waals surface area contributed by atoms with E-state index in [2.05, 4.69) is 11.4 Å². The number of hydrogen-bond acceptors (Lipinski definition) is 2. The van der Waals surface area contributed by atoms with Gasteiger partial charge in [-0.1, -0.05) is 18.0 Å². The first-order chi connectivity index (χ1) is 8.76. The zero-order valence-electron chi connectivity index (χ0n) is 10.3. The van der Waals surface area contributed by atoms with Crippen molar-refractivity contribution in [3.05, 3.63) is 28.8 Å². The molecule has 2 fully saturated rings. The minimum atomic E-state index is 0.616. The molecule has 0 saturated heterocycles. The van der Waals surface area contributed by atoms with Gasteiger partial charge in [0.2, 0.25) is 0 Å². The van der Waals surface area contributed by atoms with E-state index < -0.39 is 0 Å². The summed E-state index contributed by atoms with van der Waals surface area (Å²) in [5.41, 5.74) is 1.57. The Morgan fingerprint density at radius 3 is 2.83 bits per heavy atom. The quantitative estimate of drug-likeness (QED) is 0.890. The number of fused-ring (bicyclic) bond motifs is 2. The fraction of sp³-hybridized carbons (Fsp3) is 0.533. The summed E-state index contributed by atoms with van der Waals surface area (Å²) in [5.74, 6) is 2.73. The summed E-state index contributed by atoms with van der Waals surface area (Å²) in [4.78, 5) is 0. The van der Waals surface area contributed by atoms with Crippen LogP contribution in [0.15, 0.2) is 18.2 Å². The molecule has 3 rings (SSSR count).